The van der Waals surface area contributed by atoms with Gasteiger partial charge in [-0.05, 0) is 43.0 Å². The fourth-order valence-electron chi connectivity index (χ4n) is 1.11. The van der Waals surface area contributed by atoms with Crippen molar-refractivity contribution in [1.29, 1.82) is 0 Å². The molecule has 0 aliphatic rings. The topological polar surface area (TPSA) is 17.1 Å². The van der Waals surface area contributed by atoms with Crippen molar-refractivity contribution in [1.82, 2.24) is 0 Å². The van der Waals surface area contributed by atoms with Gasteiger partial charge in [-0.1, -0.05) is 24.3 Å². The maximum Gasteiger partial charge on any atom is 0.178 e. The number of hydrogen-bond acceptors (Lipinski definition) is 2. The minimum absolute atomic E-state index is 0.0199. The Labute approximate surface area is 94.9 Å². The second-order valence-electron chi connectivity index (χ2n) is 3.01. The van der Waals surface area contributed by atoms with E-state index < -0.39 is 0 Å². The lowest BCUT2D eigenvalue weighted by Crippen LogP contribution is -1.83. The van der Waals surface area contributed by atoms with Gasteiger partial charge in [0.1, 0.15) is 0 Å². The maximum absolute atomic E-state index is 11.2. The van der Waals surface area contributed by atoms with Gasteiger partial charge in [0.05, 0.1) is 0 Å². The molecule has 0 amide bonds. The average Bonchev–Trinajstić information content (AvgIpc) is 2.27. The van der Waals surface area contributed by atoms with Gasteiger partial charge in [0.15, 0.2) is 5.78 Å². The molecule has 0 atom stereocenters. The van der Waals surface area contributed by atoms with Crippen LogP contribution in [-0.4, -0.2) is 12.0 Å². The second kappa shape index (κ2) is 6.25. The zero-order chi connectivity index (χ0) is 11.1. The summed E-state index contributed by atoms with van der Waals surface area (Å²) in [6.07, 6.45) is 8.73. The van der Waals surface area contributed by atoms with Crippen LogP contribution in [0.4, 0.5) is 0 Å². The zero-order valence-corrected chi connectivity index (χ0v) is 9.75. The average molecular weight is 218 g/mol. The highest BCUT2D eigenvalue weighted by Crippen LogP contribution is 2.15. The van der Waals surface area contributed by atoms with E-state index in [4.69, 9.17) is 0 Å². The number of carbonyl (C=O) groups is 1. The number of benzene rings is 1. The van der Waals surface area contributed by atoms with Crippen LogP contribution in [0, 0.1) is 0 Å². The highest BCUT2D eigenvalue weighted by molar-refractivity contribution is 7.98. The molecule has 0 aliphatic heterocycles. The Morgan fingerprint density at radius 1 is 1.20 bits per heavy atom. The summed E-state index contributed by atoms with van der Waals surface area (Å²) in [5, 5.41) is 0. The van der Waals surface area contributed by atoms with Crippen molar-refractivity contribution < 1.29 is 4.79 Å². The van der Waals surface area contributed by atoms with Crippen molar-refractivity contribution in [3.8, 4) is 0 Å². The molecule has 2 heteroatoms. The van der Waals surface area contributed by atoms with Crippen LogP contribution in [0.1, 0.15) is 12.5 Å². The van der Waals surface area contributed by atoms with Crippen molar-refractivity contribution in [2.45, 2.75) is 11.8 Å². The van der Waals surface area contributed by atoms with Gasteiger partial charge in [0.2, 0.25) is 0 Å². The molecular formula is C13H14OS. The van der Waals surface area contributed by atoms with E-state index in [9.17, 15) is 4.79 Å². The maximum atomic E-state index is 11.2. The number of carbonyl (C=O) groups excluding carboxylic acids is 1. The van der Waals surface area contributed by atoms with Gasteiger partial charge < -0.3 is 0 Å². The van der Waals surface area contributed by atoms with E-state index in [0.29, 0.717) is 0 Å². The number of hydrogen-bond donors (Lipinski definition) is 0. The van der Waals surface area contributed by atoms with Gasteiger partial charge in [-0.15, -0.1) is 11.8 Å². The molecule has 0 unspecified atom stereocenters. The second-order valence-corrected chi connectivity index (χ2v) is 3.89. The Balaban J connectivity index is 2.68. The van der Waals surface area contributed by atoms with E-state index in [2.05, 4.69) is 0 Å². The Morgan fingerprint density at radius 2 is 1.87 bits per heavy atom. The summed E-state index contributed by atoms with van der Waals surface area (Å²) < 4.78 is 0. The summed E-state index contributed by atoms with van der Waals surface area (Å²) in [5.41, 5.74) is 1.05. The third kappa shape index (κ3) is 4.17. The van der Waals surface area contributed by atoms with Crippen LogP contribution in [0.2, 0.25) is 0 Å². The molecule has 0 heterocycles. The fraction of sp³-hybridized carbons (Fsp3) is 0.154. The first kappa shape index (κ1) is 11.8. The smallest absolute Gasteiger partial charge is 0.178 e. The Morgan fingerprint density at radius 3 is 2.40 bits per heavy atom. The molecule has 0 aromatic heterocycles. The third-order valence-corrected chi connectivity index (χ3v) is 2.63. The first-order valence-electron chi connectivity index (χ1n) is 4.75. The lowest BCUT2D eigenvalue weighted by atomic mass is 10.2. The first-order valence-corrected chi connectivity index (χ1v) is 5.97. The van der Waals surface area contributed by atoms with Gasteiger partial charge in [-0.25, -0.2) is 0 Å². The van der Waals surface area contributed by atoms with Crippen molar-refractivity contribution in [2.24, 2.45) is 0 Å². The van der Waals surface area contributed by atoms with E-state index in [0.717, 1.165) is 5.56 Å². The van der Waals surface area contributed by atoms with E-state index in [1.807, 2.05) is 43.5 Å². The summed E-state index contributed by atoms with van der Waals surface area (Å²) in [6, 6.07) is 8.10. The van der Waals surface area contributed by atoms with E-state index in [1.54, 1.807) is 30.0 Å². The number of rotatable bonds is 4. The van der Waals surface area contributed by atoms with Crippen LogP contribution >= 0.6 is 11.8 Å². The molecular weight excluding hydrogens is 204 g/mol. The number of thioether (sulfide) groups is 1. The van der Waals surface area contributed by atoms with Crippen molar-refractivity contribution in [3.63, 3.8) is 0 Å². The minimum atomic E-state index is 0.0199. The lowest BCUT2D eigenvalue weighted by Gasteiger charge is -1.96. The van der Waals surface area contributed by atoms with E-state index in [-0.39, 0.29) is 5.78 Å². The Hall–Kier alpha value is -1.28. The molecule has 0 saturated heterocycles. The van der Waals surface area contributed by atoms with Gasteiger partial charge in [-0.3, -0.25) is 4.79 Å². The van der Waals surface area contributed by atoms with Crippen molar-refractivity contribution in [2.75, 3.05) is 6.26 Å². The summed E-state index contributed by atoms with van der Waals surface area (Å²) >= 11 is 1.71. The monoisotopic (exact) mass is 218 g/mol. The number of allylic oxidation sites excluding steroid dienone is 3. The van der Waals surface area contributed by atoms with Crippen LogP contribution in [0.25, 0.3) is 6.08 Å². The summed E-state index contributed by atoms with van der Waals surface area (Å²) in [7, 11) is 0. The molecule has 15 heavy (non-hydrogen) atoms. The number of ketones is 1. The largest absolute Gasteiger partial charge is 0.290 e. The predicted molar refractivity (Wildman–Crippen MR) is 67.1 cm³/mol. The van der Waals surface area contributed by atoms with Gasteiger partial charge in [-0.2, -0.15) is 0 Å². The quantitative estimate of drug-likeness (QED) is 0.567. The molecule has 1 aromatic carbocycles. The Bertz CT molecular complexity index is 374. The zero-order valence-electron chi connectivity index (χ0n) is 8.94. The van der Waals surface area contributed by atoms with Gasteiger partial charge >= 0.3 is 0 Å². The molecule has 1 aromatic rings. The summed E-state index contributed by atoms with van der Waals surface area (Å²) in [4.78, 5) is 12.4. The first-order chi connectivity index (χ1) is 7.26. The van der Waals surface area contributed by atoms with Crippen LogP contribution in [0.5, 0.6) is 0 Å². The molecule has 0 aliphatic carbocycles. The standard InChI is InChI=1S/C13H14OS/c1-3-4-12(14)8-5-11-6-9-13(15-2)10-7-11/h3-10H,1-2H3/b4-3+,8-5+. The van der Waals surface area contributed by atoms with Crippen LogP contribution in [-0.2, 0) is 4.79 Å². The van der Waals surface area contributed by atoms with Gasteiger partial charge in [0, 0.05) is 4.90 Å². The van der Waals surface area contributed by atoms with Crippen LogP contribution in [0.15, 0.2) is 47.4 Å². The SMILES string of the molecule is C/C=C/C(=O)/C=C/c1ccc(SC)cc1. The molecule has 0 saturated carbocycles. The normalized spacial score (nSPS) is 11.3. The van der Waals surface area contributed by atoms with Crippen molar-refractivity contribution >= 4 is 23.6 Å². The summed E-state index contributed by atoms with van der Waals surface area (Å²) in [6.45, 7) is 1.83. The summed E-state index contributed by atoms with van der Waals surface area (Å²) in [5.74, 6) is 0.0199. The molecule has 1 nitrogen and oxygen atoms in total. The molecule has 0 bridgehead atoms. The highest BCUT2D eigenvalue weighted by atomic mass is 32.2. The fourth-order valence-corrected chi connectivity index (χ4v) is 1.52. The highest BCUT2D eigenvalue weighted by Gasteiger charge is 1.91. The molecule has 78 valence electrons. The van der Waals surface area contributed by atoms with E-state index in [1.165, 1.54) is 4.90 Å². The molecule has 0 N–H and O–H groups in total. The van der Waals surface area contributed by atoms with Crippen molar-refractivity contribution in [3.05, 3.63) is 48.1 Å². The van der Waals surface area contributed by atoms with E-state index >= 15 is 0 Å². The predicted octanol–water partition coefficient (Wildman–Crippen LogP) is 3.57. The molecule has 0 radical (unpaired) electrons. The molecule has 1 rings (SSSR count). The van der Waals surface area contributed by atoms with Crippen LogP contribution in [0.3, 0.4) is 0 Å². The molecule has 0 fully saturated rings. The van der Waals surface area contributed by atoms with Crippen LogP contribution < -0.4 is 0 Å². The minimum Gasteiger partial charge on any atom is -0.290 e. The molecule has 0 spiro atoms. The van der Waals surface area contributed by atoms with Gasteiger partial charge in [0.25, 0.3) is 0 Å². The third-order valence-electron chi connectivity index (χ3n) is 1.89. The lowest BCUT2D eigenvalue weighted by molar-refractivity contribution is -0.110. The Kier molecular flexibility index (Phi) is 4.91.